The molecule has 2 aromatic rings. The number of ether oxygens (including phenoxy) is 2. The van der Waals surface area contributed by atoms with Crippen LogP contribution < -0.4 is 14.4 Å². The van der Waals surface area contributed by atoms with Gasteiger partial charge < -0.3 is 9.47 Å². The summed E-state index contributed by atoms with van der Waals surface area (Å²) in [4.78, 5) is 24.6. The van der Waals surface area contributed by atoms with Crippen molar-refractivity contribution in [2.45, 2.75) is 76.3 Å². The van der Waals surface area contributed by atoms with Gasteiger partial charge >= 0.3 is 12.3 Å². The number of carbonyl (C=O) groups excluding carboxylic acids is 2. The van der Waals surface area contributed by atoms with Crippen LogP contribution in [0.1, 0.15) is 45.7 Å². The molecule has 1 N–H and O–H groups in total. The van der Waals surface area contributed by atoms with E-state index in [-0.39, 0.29) is 49.9 Å². The Morgan fingerprint density at radius 2 is 1.95 bits per heavy atom. The highest BCUT2D eigenvalue weighted by Gasteiger charge is 2.51. The Labute approximate surface area is 243 Å². The number of aromatic nitrogens is 2. The van der Waals surface area contributed by atoms with Gasteiger partial charge in [0.05, 0.1) is 17.9 Å². The molecule has 0 saturated heterocycles. The zero-order chi connectivity index (χ0) is 29.6. The number of alkyl halides is 3. The molecule has 0 radical (unpaired) electrons. The third-order valence-electron chi connectivity index (χ3n) is 6.96. The van der Waals surface area contributed by atoms with Crippen LogP contribution in [0.15, 0.2) is 29.3 Å². The third kappa shape index (κ3) is 6.34. The number of fused-ring (bicyclic) bond motifs is 1. The summed E-state index contributed by atoms with van der Waals surface area (Å²) in [6.45, 7) is 5.16. The highest BCUT2D eigenvalue weighted by molar-refractivity contribution is 14.1. The van der Waals surface area contributed by atoms with Gasteiger partial charge in [0.1, 0.15) is 16.7 Å². The van der Waals surface area contributed by atoms with Crippen LogP contribution in [0.2, 0.25) is 0 Å². The smallest absolute Gasteiger partial charge is 0.427 e. The van der Waals surface area contributed by atoms with Crippen molar-refractivity contribution in [3.63, 3.8) is 0 Å². The van der Waals surface area contributed by atoms with Crippen LogP contribution in [-0.2, 0) is 26.1 Å². The van der Waals surface area contributed by atoms with E-state index in [0.717, 1.165) is 31.0 Å². The molecule has 220 valence electrons. The highest BCUT2D eigenvalue weighted by Crippen LogP contribution is 2.44. The van der Waals surface area contributed by atoms with E-state index in [1.807, 2.05) is 6.92 Å². The summed E-state index contributed by atoms with van der Waals surface area (Å²) in [7, 11) is -4.19. The van der Waals surface area contributed by atoms with Gasteiger partial charge in [-0.2, -0.15) is 18.3 Å². The fourth-order valence-electron chi connectivity index (χ4n) is 4.46. The lowest BCUT2D eigenvalue weighted by Crippen LogP contribution is -2.45. The van der Waals surface area contributed by atoms with Crippen LogP contribution in [0.25, 0.3) is 0 Å². The number of halogens is 4. The minimum Gasteiger partial charge on any atom is -0.486 e. The van der Waals surface area contributed by atoms with Crippen molar-refractivity contribution in [3.05, 3.63) is 30.1 Å². The van der Waals surface area contributed by atoms with Crippen molar-refractivity contribution < 1.29 is 40.7 Å². The highest BCUT2D eigenvalue weighted by atomic mass is 127. The topological polar surface area (TPSA) is 120 Å². The summed E-state index contributed by atoms with van der Waals surface area (Å²) < 4.78 is 80.7. The molecule has 10 nitrogen and oxygen atoms in total. The van der Waals surface area contributed by atoms with Crippen LogP contribution in [0.5, 0.6) is 5.75 Å². The summed E-state index contributed by atoms with van der Waals surface area (Å²) in [5.41, 5.74) is -2.38. The monoisotopic (exact) mass is 698 g/mol. The van der Waals surface area contributed by atoms with Gasteiger partial charge in [0.15, 0.2) is 3.79 Å². The number of nitrogens with one attached hydrogen (secondary N) is 1. The molecule has 2 aliphatic rings. The van der Waals surface area contributed by atoms with E-state index < -0.39 is 34.0 Å². The summed E-state index contributed by atoms with van der Waals surface area (Å²) in [5.74, 6) is 0.155. The molecule has 1 aliphatic heterocycles. The SMILES string of the molecule is CCn1cc(S(=O)(=O)N2C[C@H](C[C@H](C(=O)I)C3CC3)Oc3ccc(NC(=O)OC(C)(C)C(F)(F)F)cc32)c(C)n1. The second kappa shape index (κ2) is 11.0. The number of nitrogens with zero attached hydrogens (tertiary/aromatic N) is 3. The fraction of sp³-hybridized carbons (Fsp3) is 0.560. The number of rotatable bonds is 9. The number of aryl methyl sites for hydroxylation is 2. The minimum absolute atomic E-state index is 0.00301. The molecular weight excluding hydrogens is 668 g/mol. The van der Waals surface area contributed by atoms with Crippen molar-refractivity contribution in [1.29, 1.82) is 0 Å². The molecule has 40 heavy (non-hydrogen) atoms. The van der Waals surface area contributed by atoms with E-state index >= 15 is 0 Å². The Hall–Kier alpha value is -2.56. The number of hydrogen-bond acceptors (Lipinski definition) is 7. The van der Waals surface area contributed by atoms with Crippen LogP contribution in [0, 0.1) is 18.8 Å². The number of benzene rings is 1. The molecule has 0 unspecified atom stereocenters. The van der Waals surface area contributed by atoms with Crippen LogP contribution in [0.3, 0.4) is 0 Å². The second-order valence-corrected chi connectivity index (χ2v) is 13.3. The zero-order valence-electron chi connectivity index (χ0n) is 22.3. The number of amides is 1. The van der Waals surface area contributed by atoms with Gasteiger partial charge in [-0.3, -0.25) is 19.1 Å². The maximum Gasteiger partial charge on any atom is 0.427 e. The van der Waals surface area contributed by atoms with E-state index in [0.29, 0.717) is 13.0 Å². The Kier molecular flexibility index (Phi) is 8.38. The Morgan fingerprint density at radius 1 is 1.27 bits per heavy atom. The van der Waals surface area contributed by atoms with Gasteiger partial charge in [-0.05, 0) is 93.7 Å². The van der Waals surface area contributed by atoms with Gasteiger partial charge in [-0.15, -0.1) is 0 Å². The number of anilines is 2. The maximum atomic E-state index is 14.0. The second-order valence-electron chi connectivity index (χ2n) is 10.4. The average Bonchev–Trinajstić information content (AvgIpc) is 3.61. The first-order chi connectivity index (χ1) is 18.5. The summed E-state index contributed by atoms with van der Waals surface area (Å²) in [5, 5.41) is 6.49. The molecular formula is C25H30F3IN4O6S. The maximum absolute atomic E-state index is 14.0. The predicted octanol–water partition coefficient (Wildman–Crippen LogP) is 5.44. The molecule has 2 atom stereocenters. The molecule has 1 aromatic carbocycles. The predicted molar refractivity (Wildman–Crippen MR) is 148 cm³/mol. The summed E-state index contributed by atoms with van der Waals surface area (Å²) >= 11 is 1.77. The van der Waals surface area contributed by atoms with Gasteiger partial charge in [0, 0.05) is 24.3 Å². The van der Waals surface area contributed by atoms with Crippen molar-refractivity contribution in [3.8, 4) is 5.75 Å². The number of sulfonamides is 1. The van der Waals surface area contributed by atoms with Crippen LogP contribution >= 0.6 is 22.6 Å². The third-order valence-corrected chi connectivity index (χ3v) is 9.64. The molecule has 15 heteroatoms. The molecule has 1 saturated carbocycles. The molecule has 1 amide bonds. The molecule has 1 aliphatic carbocycles. The first kappa shape index (κ1) is 30.4. The lowest BCUT2D eigenvalue weighted by Gasteiger charge is -2.36. The number of carbonyl (C=O) groups is 2. The van der Waals surface area contributed by atoms with Gasteiger partial charge in [0.25, 0.3) is 10.0 Å². The molecule has 2 heterocycles. The average molecular weight is 699 g/mol. The quantitative estimate of drug-likeness (QED) is 0.274. The van der Waals surface area contributed by atoms with E-state index in [4.69, 9.17) is 4.74 Å². The molecule has 0 bridgehead atoms. The van der Waals surface area contributed by atoms with E-state index in [9.17, 15) is 31.2 Å². The van der Waals surface area contributed by atoms with Crippen LogP contribution in [-0.4, -0.2) is 52.5 Å². The molecule has 0 spiro atoms. The largest absolute Gasteiger partial charge is 0.486 e. The lowest BCUT2D eigenvalue weighted by atomic mass is 9.97. The first-order valence-electron chi connectivity index (χ1n) is 12.7. The lowest BCUT2D eigenvalue weighted by molar-refractivity contribution is -0.242. The van der Waals surface area contributed by atoms with Gasteiger partial charge in [-0.1, -0.05) is 0 Å². The van der Waals surface area contributed by atoms with E-state index in [1.54, 1.807) is 29.5 Å². The minimum atomic E-state index is -4.80. The van der Waals surface area contributed by atoms with Gasteiger partial charge in [-0.25, -0.2) is 13.2 Å². The Bertz CT molecular complexity index is 1410. The normalized spacial score (nSPS) is 18.5. The standard InChI is InChI=1S/C25H30F3IN4O6S/c1-5-32-13-21(14(2)31-32)40(36,37)33-12-17(11-18(22(29)34)15-6-7-15)38-20-9-8-16(10-19(20)33)30-23(35)39-24(3,4)25(26,27)28/h8-10,13,15,17-18H,5-7,11-12H2,1-4H3,(H,30,35)/t17-,18-/m0/s1. The summed E-state index contributed by atoms with van der Waals surface area (Å²) in [6, 6.07) is 4.09. The Morgan fingerprint density at radius 3 is 2.50 bits per heavy atom. The van der Waals surface area contributed by atoms with Crippen molar-refractivity contribution in [2.75, 3.05) is 16.2 Å². The first-order valence-corrected chi connectivity index (χ1v) is 15.2. The number of hydrogen-bond donors (Lipinski definition) is 1. The molecule has 1 fully saturated rings. The fourth-order valence-corrected chi connectivity index (χ4v) is 6.89. The van der Waals surface area contributed by atoms with E-state index in [1.165, 1.54) is 29.1 Å². The van der Waals surface area contributed by atoms with Crippen molar-refractivity contribution in [2.24, 2.45) is 11.8 Å². The Balaban J connectivity index is 1.68. The van der Waals surface area contributed by atoms with Gasteiger partial charge in [0.2, 0.25) is 5.60 Å². The molecule has 1 aromatic heterocycles. The summed E-state index contributed by atoms with van der Waals surface area (Å²) in [6.07, 6.45) is -3.19. The van der Waals surface area contributed by atoms with Crippen LogP contribution in [0.4, 0.5) is 29.3 Å². The van der Waals surface area contributed by atoms with Crippen molar-refractivity contribution in [1.82, 2.24) is 9.78 Å². The molecule has 4 rings (SSSR count). The van der Waals surface area contributed by atoms with Crippen molar-refractivity contribution >= 4 is 53.9 Å². The van der Waals surface area contributed by atoms with E-state index in [2.05, 4.69) is 15.2 Å². The zero-order valence-corrected chi connectivity index (χ0v) is 25.3.